The Balaban J connectivity index is 0.00000512. The van der Waals surface area contributed by atoms with E-state index in [0.29, 0.717) is 12.0 Å². The molecule has 0 saturated heterocycles. The number of nitrogens with zero attached hydrogens (tertiary/aromatic N) is 1. The van der Waals surface area contributed by atoms with Crippen LogP contribution < -0.4 is 5.32 Å². The fourth-order valence-electron chi connectivity index (χ4n) is 3.53. The molecule has 0 spiro atoms. The van der Waals surface area contributed by atoms with Crippen molar-refractivity contribution in [2.45, 2.75) is 38.8 Å². The SMILES string of the molecule is C=C/C(=C\c1cccc(C2=CCC(C(F)(F)F)CC2)c1C)C(=O)NCCC(=O)N(C)C.[HH]. The molecule has 0 aromatic heterocycles. The number of halogens is 3. The van der Waals surface area contributed by atoms with Gasteiger partial charge in [-0.3, -0.25) is 9.59 Å². The van der Waals surface area contributed by atoms with Crippen molar-refractivity contribution in [3.05, 3.63) is 59.2 Å². The molecule has 0 saturated carbocycles. The van der Waals surface area contributed by atoms with Crippen molar-refractivity contribution in [1.82, 2.24) is 10.2 Å². The Morgan fingerprint density at radius 3 is 2.58 bits per heavy atom. The molecule has 1 unspecified atom stereocenters. The molecule has 0 fully saturated rings. The maximum Gasteiger partial charge on any atom is 0.392 e. The minimum atomic E-state index is -4.16. The number of benzene rings is 1. The molecule has 2 amide bonds. The van der Waals surface area contributed by atoms with Crippen molar-refractivity contribution in [1.29, 1.82) is 0 Å². The molecule has 1 aliphatic rings. The topological polar surface area (TPSA) is 49.4 Å². The fraction of sp³-hybridized carbons (Fsp3) is 0.417. The average Bonchev–Trinajstić information content (AvgIpc) is 2.72. The first-order valence-electron chi connectivity index (χ1n) is 10.2. The van der Waals surface area contributed by atoms with Crippen molar-refractivity contribution < 1.29 is 24.2 Å². The van der Waals surface area contributed by atoms with E-state index in [2.05, 4.69) is 11.9 Å². The highest BCUT2D eigenvalue weighted by atomic mass is 19.4. The van der Waals surface area contributed by atoms with Gasteiger partial charge in [0.05, 0.1) is 5.92 Å². The van der Waals surface area contributed by atoms with Gasteiger partial charge in [-0.1, -0.05) is 36.9 Å². The highest BCUT2D eigenvalue weighted by molar-refractivity contribution is 6.01. The Hall–Kier alpha value is -2.83. The van der Waals surface area contributed by atoms with Crippen LogP contribution in [0.15, 0.2) is 42.5 Å². The summed E-state index contributed by atoms with van der Waals surface area (Å²) >= 11 is 0. The number of nitrogens with one attached hydrogen (secondary N) is 1. The van der Waals surface area contributed by atoms with E-state index in [1.807, 2.05) is 25.1 Å². The second-order valence-corrected chi connectivity index (χ2v) is 7.86. The van der Waals surface area contributed by atoms with E-state index < -0.39 is 12.1 Å². The normalized spacial score (nSPS) is 17.0. The monoisotopic (exact) mass is 436 g/mol. The lowest BCUT2D eigenvalue weighted by Gasteiger charge is -2.25. The maximum atomic E-state index is 12.9. The standard InChI is InChI=1S/C24H29F3N2O2.H2/c1-5-17(23(31)28-14-13-22(30)29(3)4)15-19-7-6-8-21(16(19)2)18-9-11-20(12-10-18)24(25,26)27;/h5-9,15,20H,1,10-14H2,2-4H3,(H,28,31);1H/b17-15+;. The molecule has 1 aromatic rings. The molecule has 2 rings (SSSR count). The van der Waals surface area contributed by atoms with E-state index in [9.17, 15) is 22.8 Å². The first-order chi connectivity index (χ1) is 14.5. The molecule has 1 atom stereocenters. The molecule has 31 heavy (non-hydrogen) atoms. The average molecular weight is 437 g/mol. The van der Waals surface area contributed by atoms with Crippen LogP contribution in [0, 0.1) is 12.8 Å². The zero-order chi connectivity index (χ0) is 23.2. The predicted octanol–water partition coefficient (Wildman–Crippen LogP) is 5.15. The van der Waals surface area contributed by atoms with Gasteiger partial charge in [0.1, 0.15) is 0 Å². The lowest BCUT2D eigenvalue weighted by atomic mass is 9.84. The highest BCUT2D eigenvalue weighted by Crippen LogP contribution is 2.40. The third-order valence-corrected chi connectivity index (χ3v) is 5.51. The first-order valence-corrected chi connectivity index (χ1v) is 10.2. The summed E-state index contributed by atoms with van der Waals surface area (Å²) in [5, 5.41) is 2.71. The Kier molecular flexibility index (Phi) is 8.25. The number of alkyl halides is 3. The third-order valence-electron chi connectivity index (χ3n) is 5.51. The first kappa shape index (κ1) is 24.4. The van der Waals surface area contributed by atoms with Crippen molar-refractivity contribution in [3.63, 3.8) is 0 Å². The van der Waals surface area contributed by atoms with Crippen LogP contribution in [-0.4, -0.2) is 43.5 Å². The van der Waals surface area contributed by atoms with Crippen LogP contribution in [0.3, 0.4) is 0 Å². The summed E-state index contributed by atoms with van der Waals surface area (Å²) in [6, 6.07) is 5.58. The molecule has 0 radical (unpaired) electrons. The number of amides is 2. The van der Waals surface area contributed by atoms with E-state index >= 15 is 0 Å². The second kappa shape index (κ2) is 10.5. The van der Waals surface area contributed by atoms with E-state index in [0.717, 1.165) is 22.3 Å². The molecule has 1 N–H and O–H groups in total. The highest BCUT2D eigenvalue weighted by Gasteiger charge is 2.39. The quantitative estimate of drug-likeness (QED) is 0.475. The largest absolute Gasteiger partial charge is 0.392 e. The summed E-state index contributed by atoms with van der Waals surface area (Å²) in [7, 11) is 3.31. The number of hydrogen-bond acceptors (Lipinski definition) is 2. The molecule has 7 heteroatoms. The van der Waals surface area contributed by atoms with Gasteiger partial charge >= 0.3 is 6.18 Å². The van der Waals surface area contributed by atoms with Crippen LogP contribution in [0.5, 0.6) is 0 Å². The molecular weight excluding hydrogens is 405 g/mol. The van der Waals surface area contributed by atoms with Crippen LogP contribution in [0.1, 0.15) is 43.8 Å². The van der Waals surface area contributed by atoms with Gasteiger partial charge < -0.3 is 10.2 Å². The number of rotatable bonds is 7. The van der Waals surface area contributed by atoms with Gasteiger partial charge in [-0.05, 0) is 54.5 Å². The van der Waals surface area contributed by atoms with Crippen molar-refractivity contribution >= 4 is 23.5 Å². The Bertz CT molecular complexity index is 905. The van der Waals surface area contributed by atoms with E-state index in [1.54, 1.807) is 26.2 Å². The fourth-order valence-corrected chi connectivity index (χ4v) is 3.53. The van der Waals surface area contributed by atoms with Gasteiger partial charge in [-0.25, -0.2) is 0 Å². The smallest absolute Gasteiger partial charge is 0.352 e. The molecular formula is C24H31F3N2O2. The van der Waals surface area contributed by atoms with Crippen LogP contribution >= 0.6 is 0 Å². The van der Waals surface area contributed by atoms with Gasteiger partial charge in [-0.15, -0.1) is 0 Å². The third kappa shape index (κ3) is 6.57. The summed E-state index contributed by atoms with van der Waals surface area (Å²) < 4.78 is 38.8. The summed E-state index contributed by atoms with van der Waals surface area (Å²) in [6.07, 6.45) is 1.31. The molecule has 0 aliphatic heterocycles. The molecule has 170 valence electrons. The van der Waals surface area contributed by atoms with Crippen LogP contribution in [0.25, 0.3) is 11.6 Å². The van der Waals surface area contributed by atoms with Crippen LogP contribution in [0.4, 0.5) is 13.2 Å². The molecule has 0 heterocycles. The van der Waals surface area contributed by atoms with E-state index in [-0.39, 0.29) is 39.0 Å². The van der Waals surface area contributed by atoms with E-state index in [1.165, 1.54) is 11.0 Å². The van der Waals surface area contributed by atoms with Gasteiger partial charge in [0, 0.05) is 34.1 Å². The van der Waals surface area contributed by atoms with Crippen molar-refractivity contribution in [2.24, 2.45) is 5.92 Å². The summed E-state index contributed by atoms with van der Waals surface area (Å²) in [5.41, 5.74) is 3.85. The molecule has 0 bridgehead atoms. The van der Waals surface area contributed by atoms with Crippen LogP contribution in [0.2, 0.25) is 0 Å². The zero-order valence-corrected chi connectivity index (χ0v) is 18.2. The Morgan fingerprint density at radius 1 is 1.32 bits per heavy atom. The molecule has 1 aromatic carbocycles. The number of carbonyl (C=O) groups is 2. The van der Waals surface area contributed by atoms with Gasteiger partial charge in [0.25, 0.3) is 5.91 Å². The zero-order valence-electron chi connectivity index (χ0n) is 18.2. The maximum absolute atomic E-state index is 12.9. The Labute approximate surface area is 183 Å². The number of allylic oxidation sites excluding steroid dienone is 2. The van der Waals surface area contributed by atoms with Gasteiger partial charge in [0.2, 0.25) is 5.91 Å². The molecule has 1 aliphatic carbocycles. The lowest BCUT2D eigenvalue weighted by Crippen LogP contribution is -2.30. The summed E-state index contributed by atoms with van der Waals surface area (Å²) in [5.74, 6) is -1.70. The van der Waals surface area contributed by atoms with Crippen molar-refractivity contribution in [2.75, 3.05) is 20.6 Å². The van der Waals surface area contributed by atoms with Gasteiger partial charge in [-0.2, -0.15) is 13.2 Å². The predicted molar refractivity (Wildman–Crippen MR) is 119 cm³/mol. The lowest BCUT2D eigenvalue weighted by molar-refractivity contribution is -0.175. The Morgan fingerprint density at radius 2 is 2.03 bits per heavy atom. The molecule has 4 nitrogen and oxygen atoms in total. The number of hydrogen-bond donors (Lipinski definition) is 1. The minimum absolute atomic E-state index is 0. The van der Waals surface area contributed by atoms with Crippen molar-refractivity contribution in [3.8, 4) is 0 Å². The summed E-state index contributed by atoms with van der Waals surface area (Å²) in [4.78, 5) is 25.6. The van der Waals surface area contributed by atoms with E-state index in [4.69, 9.17) is 0 Å². The minimum Gasteiger partial charge on any atom is -0.352 e. The second-order valence-electron chi connectivity index (χ2n) is 7.86. The summed E-state index contributed by atoms with van der Waals surface area (Å²) in [6.45, 7) is 5.81. The van der Waals surface area contributed by atoms with Gasteiger partial charge in [0.15, 0.2) is 0 Å². The van der Waals surface area contributed by atoms with Crippen LogP contribution in [-0.2, 0) is 9.59 Å². The number of carbonyl (C=O) groups excluding carboxylic acids is 2.